The number of rotatable bonds is 3. The van der Waals surface area contributed by atoms with Crippen LogP contribution in [-0.2, 0) is 11.0 Å². The summed E-state index contributed by atoms with van der Waals surface area (Å²) in [5, 5.41) is 4.22. The number of Topliss-reactive ketones (excluding diaryl/α,β-unsaturated/α-hetero) is 1. The molecule has 2 heterocycles. The van der Waals surface area contributed by atoms with E-state index in [0.29, 0.717) is 16.3 Å². The van der Waals surface area contributed by atoms with Gasteiger partial charge in [0.2, 0.25) is 5.88 Å². The van der Waals surface area contributed by atoms with Gasteiger partial charge in [0, 0.05) is 5.02 Å². The normalized spacial score (nSPS) is 18.6. The molecule has 0 spiro atoms. The number of aromatic nitrogens is 2. The van der Waals surface area contributed by atoms with Gasteiger partial charge >= 0.3 is 6.18 Å². The second-order valence-electron chi connectivity index (χ2n) is 6.49. The molecule has 0 fully saturated rings. The second-order valence-corrected chi connectivity index (χ2v) is 6.93. The number of halogens is 4. The summed E-state index contributed by atoms with van der Waals surface area (Å²) in [6.07, 6.45) is -5.62. The molecule has 3 aromatic rings. The fourth-order valence-electron chi connectivity index (χ4n) is 3.43. The van der Waals surface area contributed by atoms with Crippen LogP contribution < -0.4 is 4.74 Å². The van der Waals surface area contributed by atoms with Gasteiger partial charge in [0.15, 0.2) is 5.69 Å². The Morgan fingerprint density at radius 3 is 2.32 bits per heavy atom. The molecule has 0 unspecified atom stereocenters. The van der Waals surface area contributed by atoms with Gasteiger partial charge in [0.25, 0.3) is 0 Å². The van der Waals surface area contributed by atoms with Crippen LogP contribution in [0.1, 0.15) is 35.8 Å². The van der Waals surface area contributed by atoms with E-state index in [9.17, 15) is 18.0 Å². The van der Waals surface area contributed by atoms with Crippen molar-refractivity contribution in [2.75, 3.05) is 0 Å². The lowest BCUT2D eigenvalue weighted by Crippen LogP contribution is -2.20. The molecule has 2 aromatic carbocycles. The number of carbonyl (C=O) groups excluding carboxylic acids is 1. The molecule has 144 valence electrons. The minimum Gasteiger partial charge on any atom is -0.468 e. The molecule has 0 amide bonds. The summed E-state index contributed by atoms with van der Waals surface area (Å²) >= 11 is 5.91. The lowest BCUT2D eigenvalue weighted by Gasteiger charge is -2.19. The maximum atomic E-state index is 13.7. The molecule has 8 heteroatoms. The zero-order valence-electron chi connectivity index (χ0n) is 14.6. The molecular weight excluding hydrogens is 393 g/mol. The highest BCUT2D eigenvalue weighted by Crippen LogP contribution is 2.52. The van der Waals surface area contributed by atoms with E-state index in [1.165, 1.54) is 6.92 Å². The maximum absolute atomic E-state index is 13.7. The van der Waals surface area contributed by atoms with Gasteiger partial charge in [-0.15, -0.1) is 0 Å². The van der Waals surface area contributed by atoms with E-state index in [1.807, 2.05) is 0 Å². The number of benzene rings is 2. The lowest BCUT2D eigenvalue weighted by molar-refractivity contribution is -0.142. The first kappa shape index (κ1) is 18.6. The van der Waals surface area contributed by atoms with Crippen molar-refractivity contribution in [1.82, 2.24) is 9.78 Å². The van der Waals surface area contributed by atoms with Crippen molar-refractivity contribution in [1.29, 1.82) is 0 Å². The number of carbonyl (C=O) groups is 1. The number of ether oxygens (including phenoxy) is 1. The predicted molar refractivity (Wildman–Crippen MR) is 96.8 cm³/mol. The highest BCUT2D eigenvalue weighted by molar-refractivity contribution is 6.30. The van der Waals surface area contributed by atoms with E-state index in [2.05, 4.69) is 5.10 Å². The van der Waals surface area contributed by atoms with Gasteiger partial charge in [0.05, 0.1) is 17.2 Å². The van der Waals surface area contributed by atoms with Crippen molar-refractivity contribution in [3.8, 4) is 11.6 Å². The van der Waals surface area contributed by atoms with E-state index in [0.717, 1.165) is 4.68 Å². The molecule has 4 rings (SSSR count). The maximum Gasteiger partial charge on any atom is 0.435 e. The Kier molecular flexibility index (Phi) is 4.42. The highest BCUT2D eigenvalue weighted by Gasteiger charge is 2.50. The van der Waals surface area contributed by atoms with Crippen LogP contribution in [0.2, 0.25) is 5.02 Å². The van der Waals surface area contributed by atoms with Crippen LogP contribution in [0.3, 0.4) is 0 Å². The molecule has 0 N–H and O–H groups in total. The standard InChI is InChI=1S/C20H14ClF3N2O2/c1-11(27)15-16-18(20(22,23)24)25-26(14-5-3-2-4-6-14)19(16)28-17(15)12-7-9-13(21)10-8-12/h2-10,15,17H,1H3/t15-,17+/m0/s1. The van der Waals surface area contributed by atoms with Gasteiger partial charge < -0.3 is 4.74 Å². The first-order chi connectivity index (χ1) is 13.3. The quantitative estimate of drug-likeness (QED) is 0.589. The van der Waals surface area contributed by atoms with Crippen molar-refractivity contribution >= 4 is 17.4 Å². The fraction of sp³-hybridized carbons (Fsp3) is 0.200. The van der Waals surface area contributed by atoms with Gasteiger partial charge in [-0.2, -0.15) is 18.3 Å². The monoisotopic (exact) mass is 406 g/mol. The number of hydrogen-bond donors (Lipinski definition) is 0. The van der Waals surface area contributed by atoms with E-state index < -0.39 is 29.7 Å². The minimum atomic E-state index is -4.73. The summed E-state index contributed by atoms with van der Waals surface area (Å²) in [5.41, 5.74) is -0.367. The smallest absolute Gasteiger partial charge is 0.435 e. The summed E-state index contributed by atoms with van der Waals surface area (Å²) in [6, 6.07) is 14.8. The van der Waals surface area contributed by atoms with Gasteiger partial charge in [-0.1, -0.05) is 41.9 Å². The molecule has 1 aliphatic heterocycles. The summed E-state index contributed by atoms with van der Waals surface area (Å²) in [5.74, 6) is -1.62. The molecule has 0 saturated carbocycles. The molecule has 4 nitrogen and oxygen atoms in total. The molecule has 1 aromatic heterocycles. The van der Waals surface area contributed by atoms with Gasteiger partial charge in [0.1, 0.15) is 11.9 Å². The third-order valence-corrected chi connectivity index (χ3v) is 4.89. The zero-order valence-corrected chi connectivity index (χ0v) is 15.3. The van der Waals surface area contributed by atoms with Crippen LogP contribution in [0.15, 0.2) is 54.6 Å². The number of nitrogens with zero attached hydrogens (tertiary/aromatic N) is 2. The Labute approximate surface area is 163 Å². The first-order valence-corrected chi connectivity index (χ1v) is 8.83. The fourth-order valence-corrected chi connectivity index (χ4v) is 3.56. The van der Waals surface area contributed by atoms with Crippen molar-refractivity contribution in [3.05, 3.63) is 76.4 Å². The number of ketones is 1. The average Bonchev–Trinajstić information content (AvgIpc) is 3.19. The van der Waals surface area contributed by atoms with E-state index in [-0.39, 0.29) is 11.4 Å². The molecule has 2 atom stereocenters. The van der Waals surface area contributed by atoms with E-state index in [4.69, 9.17) is 16.3 Å². The highest BCUT2D eigenvalue weighted by atomic mass is 35.5. The number of alkyl halides is 3. The first-order valence-electron chi connectivity index (χ1n) is 8.45. The van der Waals surface area contributed by atoms with Crippen molar-refractivity contribution in [2.24, 2.45) is 0 Å². The lowest BCUT2D eigenvalue weighted by atomic mass is 9.88. The molecule has 1 aliphatic rings. The van der Waals surface area contributed by atoms with Crippen molar-refractivity contribution in [3.63, 3.8) is 0 Å². The van der Waals surface area contributed by atoms with E-state index in [1.54, 1.807) is 54.6 Å². The third kappa shape index (κ3) is 3.05. The number of hydrogen-bond acceptors (Lipinski definition) is 3. The van der Waals surface area contributed by atoms with Crippen molar-refractivity contribution < 1.29 is 22.7 Å². The van der Waals surface area contributed by atoms with E-state index >= 15 is 0 Å². The molecule has 0 radical (unpaired) electrons. The van der Waals surface area contributed by atoms with Crippen LogP contribution >= 0.6 is 11.6 Å². The Morgan fingerprint density at radius 2 is 1.75 bits per heavy atom. The van der Waals surface area contributed by atoms with Crippen LogP contribution in [0.5, 0.6) is 5.88 Å². The molecule has 0 saturated heterocycles. The average molecular weight is 407 g/mol. The SMILES string of the molecule is CC(=O)[C@H]1c2c(C(F)(F)F)nn(-c3ccccc3)c2O[C@@H]1c1ccc(Cl)cc1. The second kappa shape index (κ2) is 6.67. The Balaban J connectivity index is 1.92. The topological polar surface area (TPSA) is 44.1 Å². The van der Waals surface area contributed by atoms with Crippen LogP contribution in [0.4, 0.5) is 13.2 Å². The van der Waals surface area contributed by atoms with Gasteiger partial charge in [-0.25, -0.2) is 4.68 Å². The number of para-hydroxylation sites is 1. The third-order valence-electron chi connectivity index (χ3n) is 4.64. The molecule has 0 bridgehead atoms. The predicted octanol–water partition coefficient (Wildman–Crippen LogP) is 5.35. The molecule has 28 heavy (non-hydrogen) atoms. The van der Waals surface area contributed by atoms with Gasteiger partial charge in [-0.05, 0) is 36.8 Å². The number of fused-ring (bicyclic) bond motifs is 1. The van der Waals surface area contributed by atoms with Gasteiger partial charge in [-0.3, -0.25) is 4.79 Å². The summed E-state index contributed by atoms with van der Waals surface area (Å²) in [6.45, 7) is 1.26. The summed E-state index contributed by atoms with van der Waals surface area (Å²) in [7, 11) is 0. The van der Waals surface area contributed by atoms with Crippen LogP contribution in [0.25, 0.3) is 5.69 Å². The summed E-state index contributed by atoms with van der Waals surface area (Å²) < 4.78 is 48.2. The zero-order chi connectivity index (χ0) is 20.1. The molecular formula is C20H14ClF3N2O2. The molecule has 0 aliphatic carbocycles. The summed E-state index contributed by atoms with van der Waals surface area (Å²) in [4.78, 5) is 12.4. The largest absolute Gasteiger partial charge is 0.468 e. The minimum absolute atomic E-state index is 0.0707. The van der Waals surface area contributed by atoms with Crippen LogP contribution in [-0.4, -0.2) is 15.6 Å². The Hall–Kier alpha value is -2.80. The van der Waals surface area contributed by atoms with Crippen molar-refractivity contribution in [2.45, 2.75) is 25.1 Å². The Bertz CT molecular complexity index is 1030. The Morgan fingerprint density at radius 1 is 1.11 bits per heavy atom. The van der Waals surface area contributed by atoms with Crippen LogP contribution in [0, 0.1) is 0 Å².